The van der Waals surface area contributed by atoms with Gasteiger partial charge in [-0.2, -0.15) is 0 Å². The summed E-state index contributed by atoms with van der Waals surface area (Å²) in [4.78, 5) is 26.9. The molecular weight excluding hydrogens is 327 g/mol. The van der Waals surface area contributed by atoms with E-state index in [0.29, 0.717) is 35.1 Å². The second-order valence-corrected chi connectivity index (χ2v) is 6.16. The van der Waals surface area contributed by atoms with Crippen LogP contribution in [0.1, 0.15) is 23.2 Å². The molecule has 1 saturated heterocycles. The molecule has 1 aromatic rings. The maximum atomic E-state index is 12.4. The zero-order chi connectivity index (χ0) is 16.1. The molecule has 0 radical (unpaired) electrons. The predicted octanol–water partition coefficient (Wildman–Crippen LogP) is 2.62. The summed E-state index contributed by atoms with van der Waals surface area (Å²) < 4.78 is 0. The lowest BCUT2D eigenvalue weighted by atomic mass is 10.1. The third-order valence-electron chi connectivity index (χ3n) is 3.63. The van der Waals surface area contributed by atoms with Crippen LogP contribution in [0.3, 0.4) is 0 Å². The van der Waals surface area contributed by atoms with Gasteiger partial charge in [-0.15, -0.1) is 0 Å². The molecular formula is C15H18Cl2N2O3. The number of amides is 1. The highest BCUT2D eigenvalue weighted by molar-refractivity contribution is 6.35. The number of benzene rings is 1. The molecule has 1 aromatic carbocycles. The maximum absolute atomic E-state index is 12.4. The van der Waals surface area contributed by atoms with Gasteiger partial charge in [0.1, 0.15) is 0 Å². The largest absolute Gasteiger partial charge is 0.481 e. The van der Waals surface area contributed by atoms with Gasteiger partial charge < -0.3 is 10.0 Å². The molecule has 22 heavy (non-hydrogen) atoms. The van der Waals surface area contributed by atoms with Crippen LogP contribution >= 0.6 is 23.2 Å². The van der Waals surface area contributed by atoms with Crippen molar-refractivity contribution in [3.05, 3.63) is 33.8 Å². The van der Waals surface area contributed by atoms with Crippen molar-refractivity contribution in [3.8, 4) is 0 Å². The number of hydrogen-bond acceptors (Lipinski definition) is 3. The number of carbonyl (C=O) groups is 2. The molecule has 0 bridgehead atoms. The number of hydrogen-bond donors (Lipinski definition) is 1. The van der Waals surface area contributed by atoms with Gasteiger partial charge >= 0.3 is 5.97 Å². The first-order chi connectivity index (χ1) is 10.5. The van der Waals surface area contributed by atoms with Crippen LogP contribution in [0.15, 0.2) is 18.2 Å². The van der Waals surface area contributed by atoms with Crippen molar-refractivity contribution in [1.82, 2.24) is 9.80 Å². The van der Waals surface area contributed by atoms with Gasteiger partial charge in [-0.3, -0.25) is 14.5 Å². The lowest BCUT2D eigenvalue weighted by molar-refractivity contribution is -0.137. The van der Waals surface area contributed by atoms with Crippen molar-refractivity contribution in [2.24, 2.45) is 0 Å². The van der Waals surface area contributed by atoms with Crippen molar-refractivity contribution < 1.29 is 14.7 Å². The molecule has 1 amide bonds. The second-order valence-electron chi connectivity index (χ2n) is 5.29. The minimum Gasteiger partial charge on any atom is -0.481 e. The Hall–Kier alpha value is -1.30. The van der Waals surface area contributed by atoms with Gasteiger partial charge in [-0.05, 0) is 31.2 Å². The third-order valence-corrected chi connectivity index (χ3v) is 4.07. The van der Waals surface area contributed by atoms with Crippen LogP contribution in [0.2, 0.25) is 10.0 Å². The van der Waals surface area contributed by atoms with Crippen molar-refractivity contribution >= 4 is 35.1 Å². The SMILES string of the molecule is O=C(O)CCCN1CCN(C(=O)c2cc(Cl)cc(Cl)c2)CC1. The smallest absolute Gasteiger partial charge is 0.303 e. The van der Waals surface area contributed by atoms with Gasteiger partial charge in [0.05, 0.1) is 0 Å². The Balaban J connectivity index is 1.85. The summed E-state index contributed by atoms with van der Waals surface area (Å²) >= 11 is 11.9. The fourth-order valence-corrected chi connectivity index (χ4v) is 3.01. The molecule has 0 aliphatic carbocycles. The quantitative estimate of drug-likeness (QED) is 0.891. The van der Waals surface area contributed by atoms with Crippen molar-refractivity contribution in [2.45, 2.75) is 12.8 Å². The molecule has 1 fully saturated rings. The van der Waals surface area contributed by atoms with E-state index < -0.39 is 5.97 Å². The van der Waals surface area contributed by atoms with E-state index >= 15 is 0 Å². The van der Waals surface area contributed by atoms with E-state index in [1.165, 1.54) is 0 Å². The van der Waals surface area contributed by atoms with Crippen molar-refractivity contribution in [3.63, 3.8) is 0 Å². The molecule has 0 atom stereocenters. The van der Waals surface area contributed by atoms with Gasteiger partial charge in [0, 0.05) is 48.2 Å². The van der Waals surface area contributed by atoms with E-state index in [0.717, 1.165) is 19.6 Å². The Morgan fingerprint density at radius 1 is 1.05 bits per heavy atom. The van der Waals surface area contributed by atoms with E-state index in [4.69, 9.17) is 28.3 Å². The molecule has 120 valence electrons. The topological polar surface area (TPSA) is 60.9 Å². The number of piperazine rings is 1. The summed E-state index contributed by atoms with van der Waals surface area (Å²) in [5, 5.41) is 9.53. The molecule has 7 heteroatoms. The fraction of sp³-hybridized carbons (Fsp3) is 0.467. The van der Waals surface area contributed by atoms with E-state index in [1.54, 1.807) is 23.1 Å². The molecule has 0 aromatic heterocycles. The molecule has 0 saturated carbocycles. The van der Waals surface area contributed by atoms with E-state index in [2.05, 4.69) is 4.90 Å². The van der Waals surface area contributed by atoms with E-state index in [9.17, 15) is 9.59 Å². The third kappa shape index (κ3) is 4.87. The van der Waals surface area contributed by atoms with Gasteiger partial charge in [-0.25, -0.2) is 0 Å². The van der Waals surface area contributed by atoms with Crippen molar-refractivity contribution in [2.75, 3.05) is 32.7 Å². The molecule has 5 nitrogen and oxygen atoms in total. The van der Waals surface area contributed by atoms with Gasteiger partial charge in [0.25, 0.3) is 5.91 Å². The highest BCUT2D eigenvalue weighted by Crippen LogP contribution is 2.20. The Kier molecular flexibility index (Phi) is 6.06. The molecule has 1 aliphatic rings. The molecule has 0 unspecified atom stereocenters. The van der Waals surface area contributed by atoms with Crippen LogP contribution < -0.4 is 0 Å². The standard InChI is InChI=1S/C15H18Cl2N2O3/c16-12-8-11(9-13(17)10-12)15(22)19-6-4-18(5-7-19)3-1-2-14(20)21/h8-10H,1-7H2,(H,20,21). The number of nitrogens with zero attached hydrogens (tertiary/aromatic N) is 2. The Morgan fingerprint density at radius 2 is 1.64 bits per heavy atom. The number of carbonyl (C=O) groups excluding carboxylic acids is 1. The summed E-state index contributed by atoms with van der Waals surface area (Å²) in [6.07, 6.45) is 0.813. The minimum atomic E-state index is -0.772. The van der Waals surface area contributed by atoms with Crippen LogP contribution in [0.4, 0.5) is 0 Å². The first kappa shape index (κ1) is 17.1. The number of halogens is 2. The number of carboxylic acid groups (broad SMARTS) is 1. The zero-order valence-electron chi connectivity index (χ0n) is 12.1. The Labute approximate surface area is 139 Å². The molecule has 2 rings (SSSR count). The first-order valence-corrected chi connectivity index (χ1v) is 7.91. The maximum Gasteiger partial charge on any atom is 0.303 e. The van der Waals surface area contributed by atoms with Crippen LogP contribution in [-0.4, -0.2) is 59.5 Å². The minimum absolute atomic E-state index is 0.0745. The average molecular weight is 345 g/mol. The zero-order valence-corrected chi connectivity index (χ0v) is 13.6. The Bertz CT molecular complexity index is 537. The Morgan fingerprint density at radius 3 is 2.18 bits per heavy atom. The number of aliphatic carboxylic acids is 1. The van der Waals surface area contributed by atoms with Crippen LogP contribution in [-0.2, 0) is 4.79 Å². The van der Waals surface area contributed by atoms with Gasteiger partial charge in [-0.1, -0.05) is 23.2 Å². The van der Waals surface area contributed by atoms with Crippen LogP contribution in [0.5, 0.6) is 0 Å². The molecule has 0 spiro atoms. The summed E-state index contributed by atoms with van der Waals surface area (Å²) in [6.45, 7) is 3.49. The summed E-state index contributed by atoms with van der Waals surface area (Å²) in [7, 11) is 0. The summed E-state index contributed by atoms with van der Waals surface area (Å²) in [6, 6.07) is 4.84. The molecule has 1 aliphatic heterocycles. The summed E-state index contributed by atoms with van der Waals surface area (Å²) in [5.74, 6) is -0.846. The highest BCUT2D eigenvalue weighted by atomic mass is 35.5. The second kappa shape index (κ2) is 7.81. The van der Waals surface area contributed by atoms with Crippen molar-refractivity contribution in [1.29, 1.82) is 0 Å². The number of carboxylic acids is 1. The molecule has 1 heterocycles. The first-order valence-electron chi connectivity index (χ1n) is 7.15. The monoisotopic (exact) mass is 344 g/mol. The van der Waals surface area contributed by atoms with E-state index in [-0.39, 0.29) is 12.3 Å². The highest BCUT2D eigenvalue weighted by Gasteiger charge is 2.22. The fourth-order valence-electron chi connectivity index (χ4n) is 2.49. The van der Waals surface area contributed by atoms with Gasteiger partial charge in [0.15, 0.2) is 0 Å². The normalized spacial score (nSPS) is 15.8. The summed E-state index contributed by atoms with van der Waals surface area (Å²) in [5.41, 5.74) is 0.497. The van der Waals surface area contributed by atoms with Crippen LogP contribution in [0, 0.1) is 0 Å². The van der Waals surface area contributed by atoms with Crippen LogP contribution in [0.25, 0.3) is 0 Å². The number of rotatable bonds is 5. The lowest BCUT2D eigenvalue weighted by Crippen LogP contribution is -2.48. The van der Waals surface area contributed by atoms with E-state index in [1.807, 2.05) is 0 Å². The van der Waals surface area contributed by atoms with Gasteiger partial charge in [0.2, 0.25) is 0 Å². The average Bonchev–Trinajstić information content (AvgIpc) is 2.46. The lowest BCUT2D eigenvalue weighted by Gasteiger charge is -2.34. The predicted molar refractivity (Wildman–Crippen MR) is 85.7 cm³/mol. The molecule has 1 N–H and O–H groups in total.